The van der Waals surface area contributed by atoms with E-state index >= 15 is 0 Å². The average molecular weight is 262 g/mol. The molecule has 0 saturated carbocycles. The molecule has 0 radical (unpaired) electrons. The second kappa shape index (κ2) is 5.30. The van der Waals surface area contributed by atoms with Gasteiger partial charge in [0.1, 0.15) is 0 Å². The molecule has 0 aromatic heterocycles. The molecule has 5 nitrogen and oxygen atoms in total. The molecular weight excluding hydrogens is 244 g/mol. The molecule has 1 aliphatic rings. The number of nitrogens with zero attached hydrogens (tertiary/aromatic N) is 1. The maximum absolute atomic E-state index is 12.0. The Hall–Kier alpha value is -2.04. The number of carbonyl (C=O) groups is 2. The molecule has 2 rings (SSSR count). The lowest BCUT2D eigenvalue weighted by Gasteiger charge is -2.24. The number of benzene rings is 1. The van der Waals surface area contributed by atoms with E-state index in [1.54, 1.807) is 4.90 Å². The highest BCUT2D eigenvalue weighted by Crippen LogP contribution is 2.27. The number of aliphatic carboxylic acids is 1. The van der Waals surface area contributed by atoms with E-state index in [9.17, 15) is 9.59 Å². The number of carbonyl (C=O) groups excluding carboxylic acids is 1. The van der Waals surface area contributed by atoms with Crippen molar-refractivity contribution in [2.75, 3.05) is 11.4 Å². The topological polar surface area (TPSA) is 69.6 Å². The minimum Gasteiger partial charge on any atom is -0.481 e. The van der Waals surface area contributed by atoms with Crippen molar-refractivity contribution in [2.45, 2.75) is 32.7 Å². The van der Waals surface area contributed by atoms with Gasteiger partial charge in [0.15, 0.2) is 0 Å². The highest BCUT2D eigenvalue weighted by Gasteiger charge is 2.32. The van der Waals surface area contributed by atoms with Gasteiger partial charge >= 0.3 is 12.0 Å². The van der Waals surface area contributed by atoms with Crippen LogP contribution in [0.4, 0.5) is 10.5 Å². The first-order valence-corrected chi connectivity index (χ1v) is 6.35. The summed E-state index contributed by atoms with van der Waals surface area (Å²) in [6, 6.07) is 5.70. The molecule has 19 heavy (non-hydrogen) atoms. The molecule has 1 saturated heterocycles. The van der Waals surface area contributed by atoms with E-state index in [0.29, 0.717) is 13.0 Å². The van der Waals surface area contributed by atoms with E-state index in [2.05, 4.69) is 5.32 Å². The predicted molar refractivity (Wildman–Crippen MR) is 72.5 cm³/mol. The first-order chi connectivity index (χ1) is 8.99. The standard InChI is InChI=1S/C14H18N2O3/c1-9-3-4-10(2)12(7-9)16-11(5-6-13(17)18)8-15-14(16)19/h3-4,7,11H,5-6,8H2,1-2H3,(H,15,19)(H,17,18). The molecule has 1 heterocycles. The van der Waals surface area contributed by atoms with Gasteiger partial charge in [0.25, 0.3) is 0 Å². The van der Waals surface area contributed by atoms with E-state index in [1.807, 2.05) is 32.0 Å². The minimum atomic E-state index is -0.833. The van der Waals surface area contributed by atoms with E-state index in [0.717, 1.165) is 16.8 Å². The van der Waals surface area contributed by atoms with Crippen molar-refractivity contribution < 1.29 is 14.7 Å². The van der Waals surface area contributed by atoms with Crippen LogP contribution in [-0.4, -0.2) is 29.7 Å². The number of aryl methyl sites for hydroxylation is 2. The fourth-order valence-corrected chi connectivity index (χ4v) is 2.35. The minimum absolute atomic E-state index is 0.0704. The van der Waals surface area contributed by atoms with Crippen molar-refractivity contribution in [1.29, 1.82) is 0 Å². The monoisotopic (exact) mass is 262 g/mol. The van der Waals surface area contributed by atoms with Gasteiger partial charge in [0.05, 0.1) is 6.04 Å². The first kappa shape index (κ1) is 13.4. The number of urea groups is 1. The van der Waals surface area contributed by atoms with Crippen molar-refractivity contribution in [2.24, 2.45) is 0 Å². The van der Waals surface area contributed by atoms with Crippen LogP contribution in [0.1, 0.15) is 24.0 Å². The first-order valence-electron chi connectivity index (χ1n) is 6.35. The van der Waals surface area contributed by atoms with Gasteiger partial charge < -0.3 is 10.4 Å². The zero-order valence-corrected chi connectivity index (χ0v) is 11.1. The Morgan fingerprint density at radius 2 is 2.21 bits per heavy atom. The Morgan fingerprint density at radius 3 is 2.89 bits per heavy atom. The van der Waals surface area contributed by atoms with Crippen LogP contribution in [0.2, 0.25) is 0 Å². The highest BCUT2D eigenvalue weighted by molar-refractivity contribution is 5.95. The number of carboxylic acid groups (broad SMARTS) is 1. The second-order valence-corrected chi connectivity index (χ2v) is 4.93. The van der Waals surface area contributed by atoms with E-state index < -0.39 is 5.97 Å². The summed E-state index contributed by atoms with van der Waals surface area (Å²) in [5.74, 6) is -0.833. The molecule has 1 aromatic rings. The van der Waals surface area contributed by atoms with Crippen LogP contribution >= 0.6 is 0 Å². The van der Waals surface area contributed by atoms with Gasteiger partial charge in [-0.25, -0.2) is 4.79 Å². The van der Waals surface area contributed by atoms with Gasteiger partial charge in [-0.1, -0.05) is 12.1 Å². The number of hydrogen-bond donors (Lipinski definition) is 2. The van der Waals surface area contributed by atoms with Crippen LogP contribution < -0.4 is 10.2 Å². The Balaban J connectivity index is 2.26. The third-order valence-corrected chi connectivity index (χ3v) is 3.39. The molecule has 2 amide bonds. The summed E-state index contributed by atoms with van der Waals surface area (Å²) < 4.78 is 0. The molecule has 0 aliphatic carbocycles. The molecule has 0 bridgehead atoms. The summed E-state index contributed by atoms with van der Waals surface area (Å²) >= 11 is 0. The van der Waals surface area contributed by atoms with Gasteiger partial charge in [-0.15, -0.1) is 0 Å². The molecule has 1 aliphatic heterocycles. The molecule has 1 atom stereocenters. The maximum Gasteiger partial charge on any atom is 0.322 e. The lowest BCUT2D eigenvalue weighted by Crippen LogP contribution is -2.35. The van der Waals surface area contributed by atoms with Crippen LogP contribution in [0, 0.1) is 13.8 Å². The molecule has 1 unspecified atom stereocenters. The number of rotatable bonds is 4. The Bertz CT molecular complexity index is 513. The Labute approximate surface area is 112 Å². The van der Waals surface area contributed by atoms with E-state index in [1.165, 1.54) is 0 Å². The average Bonchev–Trinajstić information content (AvgIpc) is 2.71. The summed E-state index contributed by atoms with van der Waals surface area (Å²) in [7, 11) is 0. The summed E-state index contributed by atoms with van der Waals surface area (Å²) in [6.07, 6.45) is 0.530. The third-order valence-electron chi connectivity index (χ3n) is 3.39. The smallest absolute Gasteiger partial charge is 0.322 e. The second-order valence-electron chi connectivity index (χ2n) is 4.93. The fraction of sp³-hybridized carbons (Fsp3) is 0.429. The van der Waals surface area contributed by atoms with Crippen molar-refractivity contribution in [3.05, 3.63) is 29.3 Å². The van der Waals surface area contributed by atoms with E-state index in [-0.39, 0.29) is 18.5 Å². The van der Waals surface area contributed by atoms with Crippen molar-refractivity contribution >= 4 is 17.7 Å². The molecule has 5 heteroatoms. The van der Waals surface area contributed by atoms with Crippen LogP contribution in [0.3, 0.4) is 0 Å². The van der Waals surface area contributed by atoms with Gasteiger partial charge in [-0.05, 0) is 37.5 Å². The van der Waals surface area contributed by atoms with Gasteiger partial charge in [-0.3, -0.25) is 9.69 Å². The zero-order valence-electron chi connectivity index (χ0n) is 11.1. The maximum atomic E-state index is 12.0. The van der Waals surface area contributed by atoms with Crippen molar-refractivity contribution in [3.63, 3.8) is 0 Å². The Morgan fingerprint density at radius 1 is 1.47 bits per heavy atom. The highest BCUT2D eigenvalue weighted by atomic mass is 16.4. The number of carboxylic acids is 1. The molecule has 0 spiro atoms. The van der Waals surface area contributed by atoms with Gasteiger partial charge in [-0.2, -0.15) is 0 Å². The predicted octanol–water partition coefficient (Wildman–Crippen LogP) is 2.07. The quantitative estimate of drug-likeness (QED) is 0.872. The number of amides is 2. The zero-order chi connectivity index (χ0) is 14.0. The lowest BCUT2D eigenvalue weighted by molar-refractivity contribution is -0.137. The summed E-state index contributed by atoms with van der Waals surface area (Å²) in [6.45, 7) is 4.43. The molecule has 2 N–H and O–H groups in total. The van der Waals surface area contributed by atoms with Crippen LogP contribution in [0.5, 0.6) is 0 Å². The van der Waals surface area contributed by atoms with Gasteiger partial charge in [0, 0.05) is 18.7 Å². The number of anilines is 1. The number of nitrogens with one attached hydrogen (secondary N) is 1. The Kier molecular flexibility index (Phi) is 3.74. The van der Waals surface area contributed by atoms with E-state index in [4.69, 9.17) is 5.11 Å². The van der Waals surface area contributed by atoms with Crippen molar-refractivity contribution in [3.8, 4) is 0 Å². The van der Waals surface area contributed by atoms with Gasteiger partial charge in [0.2, 0.25) is 0 Å². The summed E-state index contributed by atoms with van der Waals surface area (Å²) in [5.41, 5.74) is 2.96. The number of hydrogen-bond acceptors (Lipinski definition) is 2. The molecule has 1 fully saturated rings. The fourth-order valence-electron chi connectivity index (χ4n) is 2.35. The van der Waals surface area contributed by atoms with Crippen molar-refractivity contribution in [1.82, 2.24) is 5.32 Å². The summed E-state index contributed by atoms with van der Waals surface area (Å²) in [5, 5.41) is 11.6. The molecule has 1 aromatic carbocycles. The van der Waals surface area contributed by atoms with Crippen LogP contribution in [-0.2, 0) is 4.79 Å². The molecule has 102 valence electrons. The summed E-state index contributed by atoms with van der Waals surface area (Å²) in [4.78, 5) is 24.3. The molecular formula is C14H18N2O3. The van der Waals surface area contributed by atoms with Crippen LogP contribution in [0.25, 0.3) is 0 Å². The lowest BCUT2D eigenvalue weighted by atomic mass is 10.1. The third kappa shape index (κ3) is 2.86. The normalized spacial score (nSPS) is 18.5. The van der Waals surface area contributed by atoms with Crippen LogP contribution in [0.15, 0.2) is 18.2 Å². The SMILES string of the molecule is Cc1ccc(C)c(N2C(=O)NCC2CCC(=O)O)c1. The largest absolute Gasteiger partial charge is 0.481 e.